The van der Waals surface area contributed by atoms with E-state index in [4.69, 9.17) is 23.2 Å². The molecule has 3 rings (SSSR count). The molecular weight excluding hydrogens is 372 g/mol. The third kappa shape index (κ3) is 4.08. The third-order valence-electron chi connectivity index (χ3n) is 3.11. The Labute approximate surface area is 151 Å². The van der Waals surface area contributed by atoms with Gasteiger partial charge in [-0.25, -0.2) is 4.39 Å². The smallest absolute Gasteiger partial charge is 0.230 e. The largest absolute Gasteiger partial charge is 0.300 e. The molecule has 1 aromatic heterocycles. The van der Waals surface area contributed by atoms with Crippen LogP contribution in [0, 0.1) is 5.82 Å². The molecule has 1 heterocycles. The first-order valence-corrected chi connectivity index (χ1v) is 8.42. The molecule has 0 saturated carbocycles. The second kappa shape index (κ2) is 7.25. The first-order chi connectivity index (χ1) is 11.5. The fourth-order valence-electron chi connectivity index (χ4n) is 2.00. The highest BCUT2D eigenvalue weighted by atomic mass is 35.5. The van der Waals surface area contributed by atoms with Crippen LogP contribution in [0.25, 0.3) is 10.6 Å². The molecule has 1 N–H and O–H groups in total. The molecule has 1 amide bonds. The molecular formula is C16H10Cl2FN3OS. The minimum absolute atomic E-state index is 0.122. The van der Waals surface area contributed by atoms with Crippen molar-refractivity contribution in [3.05, 3.63) is 63.9 Å². The zero-order chi connectivity index (χ0) is 17.1. The Balaban J connectivity index is 1.69. The first-order valence-electron chi connectivity index (χ1n) is 6.84. The second-order valence-corrected chi connectivity index (χ2v) is 6.71. The summed E-state index contributed by atoms with van der Waals surface area (Å²) in [6.45, 7) is 0. The summed E-state index contributed by atoms with van der Waals surface area (Å²) in [6.07, 6.45) is 0.122. The van der Waals surface area contributed by atoms with E-state index in [1.165, 1.54) is 23.5 Å². The number of hydrogen-bond acceptors (Lipinski definition) is 4. The molecule has 0 aliphatic carbocycles. The number of halogens is 3. The van der Waals surface area contributed by atoms with E-state index in [2.05, 4.69) is 15.5 Å². The van der Waals surface area contributed by atoms with E-state index < -0.39 is 0 Å². The van der Waals surface area contributed by atoms with Gasteiger partial charge in [0, 0.05) is 10.6 Å². The van der Waals surface area contributed by atoms with Gasteiger partial charge in [-0.2, -0.15) is 0 Å². The molecule has 8 heteroatoms. The molecule has 0 aliphatic rings. The van der Waals surface area contributed by atoms with Crippen molar-refractivity contribution in [2.75, 3.05) is 5.32 Å². The third-order valence-corrected chi connectivity index (χ3v) is 4.53. The van der Waals surface area contributed by atoms with E-state index in [0.29, 0.717) is 31.3 Å². The summed E-state index contributed by atoms with van der Waals surface area (Å²) < 4.78 is 12.9. The number of aromatic nitrogens is 2. The molecule has 0 atom stereocenters. The van der Waals surface area contributed by atoms with E-state index in [1.54, 1.807) is 30.3 Å². The normalized spacial score (nSPS) is 10.6. The number of amides is 1. The maximum Gasteiger partial charge on any atom is 0.230 e. The van der Waals surface area contributed by atoms with Gasteiger partial charge in [0.05, 0.1) is 11.4 Å². The van der Waals surface area contributed by atoms with Crippen LogP contribution in [0.4, 0.5) is 9.52 Å². The van der Waals surface area contributed by atoms with Crippen LogP contribution in [-0.4, -0.2) is 16.1 Å². The monoisotopic (exact) mass is 381 g/mol. The Bertz CT molecular complexity index is 883. The molecule has 122 valence electrons. The summed E-state index contributed by atoms with van der Waals surface area (Å²) in [6, 6.07) is 10.8. The van der Waals surface area contributed by atoms with Crippen molar-refractivity contribution < 1.29 is 9.18 Å². The maximum absolute atomic E-state index is 12.9. The predicted octanol–water partition coefficient (Wildman–Crippen LogP) is 4.83. The van der Waals surface area contributed by atoms with E-state index in [-0.39, 0.29) is 18.1 Å². The fraction of sp³-hybridized carbons (Fsp3) is 0.0625. The predicted molar refractivity (Wildman–Crippen MR) is 94.1 cm³/mol. The van der Waals surface area contributed by atoms with Crippen molar-refractivity contribution in [3.63, 3.8) is 0 Å². The molecule has 0 fully saturated rings. The lowest BCUT2D eigenvalue weighted by Gasteiger charge is -2.01. The first kappa shape index (κ1) is 16.8. The van der Waals surface area contributed by atoms with Gasteiger partial charge in [-0.1, -0.05) is 46.7 Å². The average molecular weight is 382 g/mol. The Kier molecular flexibility index (Phi) is 5.08. The number of anilines is 1. The van der Waals surface area contributed by atoms with E-state index >= 15 is 0 Å². The topological polar surface area (TPSA) is 54.9 Å². The molecule has 0 aliphatic heterocycles. The van der Waals surface area contributed by atoms with Gasteiger partial charge in [-0.05, 0) is 35.9 Å². The molecule has 4 nitrogen and oxygen atoms in total. The van der Waals surface area contributed by atoms with Crippen molar-refractivity contribution in [1.82, 2.24) is 10.2 Å². The Morgan fingerprint density at radius 3 is 2.58 bits per heavy atom. The van der Waals surface area contributed by atoms with Crippen LogP contribution in [-0.2, 0) is 11.2 Å². The molecule has 3 aromatic rings. The van der Waals surface area contributed by atoms with Crippen molar-refractivity contribution in [2.45, 2.75) is 6.42 Å². The SMILES string of the molecule is O=C(Cc1ccc(F)cc1)Nc1nnc(-c2ccc(Cl)cc2Cl)s1. The summed E-state index contributed by atoms with van der Waals surface area (Å²) >= 11 is 13.2. The van der Waals surface area contributed by atoms with Crippen LogP contribution in [0.2, 0.25) is 10.0 Å². The molecule has 0 unspecified atom stereocenters. The summed E-state index contributed by atoms with van der Waals surface area (Å²) in [5, 5.41) is 12.6. The van der Waals surface area contributed by atoms with Crippen LogP contribution >= 0.6 is 34.5 Å². The number of rotatable bonds is 4. The quantitative estimate of drug-likeness (QED) is 0.703. The lowest BCUT2D eigenvalue weighted by atomic mass is 10.1. The minimum Gasteiger partial charge on any atom is -0.300 e. The van der Waals surface area contributed by atoms with Gasteiger partial charge in [-0.15, -0.1) is 10.2 Å². The summed E-state index contributed by atoms with van der Waals surface area (Å²) in [4.78, 5) is 12.0. The Morgan fingerprint density at radius 2 is 1.88 bits per heavy atom. The van der Waals surface area contributed by atoms with E-state index in [1.807, 2.05) is 0 Å². The fourth-order valence-corrected chi connectivity index (χ4v) is 3.35. The minimum atomic E-state index is -0.340. The lowest BCUT2D eigenvalue weighted by molar-refractivity contribution is -0.115. The lowest BCUT2D eigenvalue weighted by Crippen LogP contribution is -2.14. The molecule has 0 spiro atoms. The van der Waals surface area contributed by atoms with Crippen LogP contribution in [0.3, 0.4) is 0 Å². The standard InChI is InChI=1S/C16H10Cl2FN3OS/c17-10-3-6-12(13(18)8-10)15-21-22-16(24-15)20-14(23)7-9-1-4-11(19)5-2-9/h1-6,8H,7H2,(H,20,22,23). The average Bonchev–Trinajstić information content (AvgIpc) is 2.97. The van der Waals surface area contributed by atoms with Crippen molar-refractivity contribution >= 4 is 45.6 Å². The summed E-state index contributed by atoms with van der Waals surface area (Å²) in [7, 11) is 0. The van der Waals surface area contributed by atoms with Crippen LogP contribution in [0.5, 0.6) is 0 Å². The van der Waals surface area contributed by atoms with Gasteiger partial charge in [0.15, 0.2) is 5.01 Å². The Morgan fingerprint density at radius 1 is 1.12 bits per heavy atom. The van der Waals surface area contributed by atoms with Crippen LogP contribution < -0.4 is 5.32 Å². The summed E-state index contributed by atoms with van der Waals surface area (Å²) in [5.41, 5.74) is 1.40. The number of benzene rings is 2. The second-order valence-electron chi connectivity index (χ2n) is 4.89. The van der Waals surface area contributed by atoms with Gasteiger partial charge in [0.1, 0.15) is 5.82 Å². The van der Waals surface area contributed by atoms with E-state index in [9.17, 15) is 9.18 Å². The van der Waals surface area contributed by atoms with Gasteiger partial charge < -0.3 is 5.32 Å². The van der Waals surface area contributed by atoms with Gasteiger partial charge in [0.25, 0.3) is 0 Å². The van der Waals surface area contributed by atoms with E-state index in [0.717, 1.165) is 0 Å². The zero-order valence-electron chi connectivity index (χ0n) is 12.1. The highest BCUT2D eigenvalue weighted by molar-refractivity contribution is 7.18. The van der Waals surface area contributed by atoms with Crippen LogP contribution in [0.1, 0.15) is 5.56 Å². The molecule has 2 aromatic carbocycles. The number of carbonyl (C=O) groups is 1. The number of nitrogens with one attached hydrogen (secondary N) is 1. The van der Waals surface area contributed by atoms with Gasteiger partial charge >= 0.3 is 0 Å². The number of hydrogen-bond donors (Lipinski definition) is 1. The molecule has 0 radical (unpaired) electrons. The maximum atomic E-state index is 12.9. The highest BCUT2D eigenvalue weighted by Crippen LogP contribution is 2.33. The number of carbonyl (C=O) groups excluding carboxylic acids is 1. The molecule has 24 heavy (non-hydrogen) atoms. The van der Waals surface area contributed by atoms with Gasteiger partial charge in [-0.3, -0.25) is 4.79 Å². The number of nitrogens with zero attached hydrogens (tertiary/aromatic N) is 2. The van der Waals surface area contributed by atoms with Crippen molar-refractivity contribution in [3.8, 4) is 10.6 Å². The summed E-state index contributed by atoms with van der Waals surface area (Å²) in [5.74, 6) is -0.598. The van der Waals surface area contributed by atoms with Crippen LogP contribution in [0.15, 0.2) is 42.5 Å². The zero-order valence-corrected chi connectivity index (χ0v) is 14.4. The van der Waals surface area contributed by atoms with Gasteiger partial charge in [0.2, 0.25) is 11.0 Å². The molecule has 0 bridgehead atoms. The Hall–Kier alpha value is -2.02. The highest BCUT2D eigenvalue weighted by Gasteiger charge is 2.13. The van der Waals surface area contributed by atoms with Crippen molar-refractivity contribution in [1.29, 1.82) is 0 Å². The van der Waals surface area contributed by atoms with Crippen molar-refractivity contribution in [2.24, 2.45) is 0 Å². The molecule has 0 saturated heterocycles.